The molecule has 0 aliphatic heterocycles. The summed E-state index contributed by atoms with van der Waals surface area (Å²) in [5.74, 6) is 0.684. The molecule has 0 unspecified atom stereocenters. The number of rotatable bonds is 11. The molecule has 0 aliphatic carbocycles. The summed E-state index contributed by atoms with van der Waals surface area (Å²) in [5.41, 5.74) is 5.18. The molecule has 20 heavy (non-hydrogen) atoms. The Hall–Kier alpha value is -0.610. The first-order chi connectivity index (χ1) is 9.27. The van der Waals surface area contributed by atoms with Crippen molar-refractivity contribution in [2.24, 2.45) is 17.6 Å². The minimum atomic E-state index is -0.560. The summed E-state index contributed by atoms with van der Waals surface area (Å²) in [7, 11) is 0. The van der Waals surface area contributed by atoms with Crippen LogP contribution in [0.3, 0.4) is 0 Å². The third-order valence-corrected chi connectivity index (χ3v) is 3.77. The van der Waals surface area contributed by atoms with Gasteiger partial charge in [0.2, 0.25) is 5.91 Å². The van der Waals surface area contributed by atoms with Crippen molar-refractivity contribution >= 4 is 5.91 Å². The van der Waals surface area contributed by atoms with E-state index in [9.17, 15) is 4.79 Å². The smallest absolute Gasteiger partial charge is 0.237 e. The van der Waals surface area contributed by atoms with Gasteiger partial charge in [-0.2, -0.15) is 0 Å². The molecule has 0 heterocycles. The molecular formula is C16H35N3O. The second-order valence-electron chi connectivity index (χ2n) is 6.60. The Morgan fingerprint density at radius 3 is 1.85 bits per heavy atom. The fraction of sp³-hybridized carbons (Fsp3) is 0.938. The van der Waals surface area contributed by atoms with Crippen molar-refractivity contribution < 1.29 is 4.79 Å². The largest absolute Gasteiger partial charge is 0.368 e. The highest BCUT2D eigenvalue weighted by Crippen LogP contribution is 2.24. The van der Waals surface area contributed by atoms with Crippen LogP contribution in [0.25, 0.3) is 0 Å². The van der Waals surface area contributed by atoms with Crippen LogP contribution >= 0.6 is 0 Å². The van der Waals surface area contributed by atoms with Gasteiger partial charge < -0.3 is 16.0 Å². The summed E-state index contributed by atoms with van der Waals surface area (Å²) < 4.78 is 0. The summed E-state index contributed by atoms with van der Waals surface area (Å²) in [4.78, 5) is 14.4. The molecule has 0 fully saturated rings. The first-order valence-corrected chi connectivity index (χ1v) is 8.04. The van der Waals surface area contributed by atoms with E-state index in [2.05, 4.69) is 51.8 Å². The van der Waals surface area contributed by atoms with Crippen LogP contribution in [-0.4, -0.2) is 42.5 Å². The van der Waals surface area contributed by atoms with E-state index in [1.54, 1.807) is 0 Å². The van der Waals surface area contributed by atoms with E-state index in [4.69, 9.17) is 5.73 Å². The molecule has 0 rings (SSSR count). The molecule has 3 N–H and O–H groups in total. The highest BCUT2D eigenvalue weighted by atomic mass is 16.1. The maximum atomic E-state index is 12.1. The topological polar surface area (TPSA) is 58.4 Å². The van der Waals surface area contributed by atoms with E-state index < -0.39 is 5.54 Å². The quantitative estimate of drug-likeness (QED) is 0.612. The van der Waals surface area contributed by atoms with Crippen molar-refractivity contribution in [3.8, 4) is 0 Å². The molecule has 0 radical (unpaired) electrons. The zero-order valence-corrected chi connectivity index (χ0v) is 14.3. The van der Waals surface area contributed by atoms with Crippen LogP contribution in [0.4, 0.5) is 0 Å². The Morgan fingerprint density at radius 1 is 1.10 bits per heavy atom. The summed E-state index contributed by atoms with van der Waals surface area (Å²) in [6, 6.07) is 0. The fourth-order valence-corrected chi connectivity index (χ4v) is 2.90. The predicted octanol–water partition coefficient (Wildman–Crippen LogP) is 2.23. The number of carbonyl (C=O) groups excluding carboxylic acids is 1. The Bertz CT molecular complexity index is 263. The molecule has 1 amide bonds. The number of nitrogens with zero attached hydrogens (tertiary/aromatic N) is 1. The van der Waals surface area contributed by atoms with E-state index in [0.717, 1.165) is 39.0 Å². The van der Waals surface area contributed by atoms with E-state index >= 15 is 0 Å². The zero-order valence-electron chi connectivity index (χ0n) is 14.3. The van der Waals surface area contributed by atoms with Crippen molar-refractivity contribution in [3.05, 3.63) is 0 Å². The molecule has 0 saturated carbocycles. The molecule has 0 aliphatic rings. The Kier molecular flexibility index (Phi) is 9.06. The summed E-state index contributed by atoms with van der Waals surface area (Å²) in [6.45, 7) is 16.7. The summed E-state index contributed by atoms with van der Waals surface area (Å²) >= 11 is 0. The molecule has 4 nitrogen and oxygen atoms in total. The van der Waals surface area contributed by atoms with Crippen molar-refractivity contribution in [1.82, 2.24) is 10.2 Å². The normalized spacial score (nSPS) is 12.7. The van der Waals surface area contributed by atoms with Gasteiger partial charge in [0, 0.05) is 13.1 Å². The van der Waals surface area contributed by atoms with Crippen molar-refractivity contribution in [2.45, 2.75) is 59.9 Å². The van der Waals surface area contributed by atoms with Gasteiger partial charge in [-0.15, -0.1) is 0 Å². The van der Waals surface area contributed by atoms with Crippen LogP contribution in [0.15, 0.2) is 0 Å². The first-order valence-electron chi connectivity index (χ1n) is 8.04. The van der Waals surface area contributed by atoms with Crippen LogP contribution in [0.2, 0.25) is 0 Å². The lowest BCUT2D eigenvalue weighted by atomic mass is 9.81. The number of hydrogen-bond donors (Lipinski definition) is 2. The van der Waals surface area contributed by atoms with Gasteiger partial charge >= 0.3 is 0 Å². The van der Waals surface area contributed by atoms with Crippen LogP contribution in [-0.2, 0) is 4.79 Å². The molecule has 0 spiro atoms. The monoisotopic (exact) mass is 285 g/mol. The van der Waals surface area contributed by atoms with Gasteiger partial charge in [-0.1, -0.05) is 41.5 Å². The average molecular weight is 285 g/mol. The minimum Gasteiger partial charge on any atom is -0.368 e. The first kappa shape index (κ1) is 19.4. The summed E-state index contributed by atoms with van der Waals surface area (Å²) in [6.07, 6.45) is 1.61. The van der Waals surface area contributed by atoms with Crippen LogP contribution in [0.1, 0.15) is 54.4 Å². The van der Waals surface area contributed by atoms with Crippen LogP contribution < -0.4 is 11.1 Å². The van der Waals surface area contributed by atoms with Gasteiger partial charge in [0.1, 0.15) is 0 Å². The number of nitrogens with two attached hydrogens (primary N) is 1. The lowest BCUT2D eigenvalue weighted by Crippen LogP contribution is -2.58. The standard InChI is InChI=1S/C16H35N3O/c1-7-19(8-2)10-9-18-16(15(17)20,11-13(3)4)12-14(5)6/h13-14,18H,7-12H2,1-6H3,(H2,17,20). The number of likely N-dealkylation sites (N-methyl/N-ethyl adjacent to an activating group) is 1. The zero-order chi connectivity index (χ0) is 15.8. The van der Waals surface area contributed by atoms with Gasteiger partial charge in [-0.25, -0.2) is 0 Å². The van der Waals surface area contributed by atoms with E-state index in [1.165, 1.54) is 0 Å². The Morgan fingerprint density at radius 2 is 1.55 bits per heavy atom. The van der Waals surface area contributed by atoms with Crippen LogP contribution in [0.5, 0.6) is 0 Å². The van der Waals surface area contributed by atoms with Gasteiger partial charge in [0.05, 0.1) is 5.54 Å². The van der Waals surface area contributed by atoms with Gasteiger partial charge in [0.25, 0.3) is 0 Å². The fourth-order valence-electron chi connectivity index (χ4n) is 2.90. The predicted molar refractivity (Wildman–Crippen MR) is 86.6 cm³/mol. The number of primary amides is 1. The number of carbonyl (C=O) groups is 1. The molecule has 4 heteroatoms. The SMILES string of the molecule is CCN(CC)CCNC(CC(C)C)(CC(C)C)C(N)=O. The molecule has 0 bridgehead atoms. The molecule has 0 atom stereocenters. The molecule has 0 saturated heterocycles. The lowest BCUT2D eigenvalue weighted by molar-refractivity contribution is -0.126. The highest BCUT2D eigenvalue weighted by molar-refractivity contribution is 5.84. The number of amides is 1. The average Bonchev–Trinajstić information content (AvgIpc) is 2.32. The van der Waals surface area contributed by atoms with Crippen molar-refractivity contribution in [1.29, 1.82) is 0 Å². The van der Waals surface area contributed by atoms with Gasteiger partial charge in [-0.3, -0.25) is 4.79 Å². The summed E-state index contributed by atoms with van der Waals surface area (Å²) in [5, 5.41) is 3.48. The van der Waals surface area contributed by atoms with E-state index in [1.807, 2.05) is 0 Å². The third kappa shape index (κ3) is 6.71. The van der Waals surface area contributed by atoms with Crippen LogP contribution in [0, 0.1) is 11.8 Å². The molecular weight excluding hydrogens is 250 g/mol. The van der Waals surface area contributed by atoms with Gasteiger partial charge in [0.15, 0.2) is 0 Å². The highest BCUT2D eigenvalue weighted by Gasteiger charge is 2.37. The maximum Gasteiger partial charge on any atom is 0.237 e. The molecule has 120 valence electrons. The third-order valence-electron chi connectivity index (χ3n) is 3.77. The number of hydrogen-bond acceptors (Lipinski definition) is 3. The van der Waals surface area contributed by atoms with Crippen molar-refractivity contribution in [3.63, 3.8) is 0 Å². The minimum absolute atomic E-state index is 0.209. The second kappa shape index (κ2) is 9.35. The van der Waals surface area contributed by atoms with E-state index in [-0.39, 0.29) is 5.91 Å². The number of nitrogens with one attached hydrogen (secondary N) is 1. The van der Waals surface area contributed by atoms with E-state index in [0.29, 0.717) is 11.8 Å². The molecule has 0 aromatic rings. The molecule has 0 aromatic carbocycles. The second-order valence-corrected chi connectivity index (χ2v) is 6.60. The maximum absolute atomic E-state index is 12.1. The Labute approximate surface area is 125 Å². The molecule has 0 aromatic heterocycles. The van der Waals surface area contributed by atoms with Gasteiger partial charge in [-0.05, 0) is 37.8 Å². The van der Waals surface area contributed by atoms with Crippen molar-refractivity contribution in [2.75, 3.05) is 26.2 Å². The lowest BCUT2D eigenvalue weighted by Gasteiger charge is -2.35. The Balaban J connectivity index is 4.77.